The molecule has 1 aromatic carbocycles. The van der Waals surface area contributed by atoms with Crippen LogP contribution < -0.4 is 10.2 Å². The molecule has 4 heteroatoms. The predicted octanol–water partition coefficient (Wildman–Crippen LogP) is 2.91. The topological polar surface area (TPSA) is 35.6 Å². The van der Waals surface area contributed by atoms with Gasteiger partial charge in [0.05, 0.1) is 11.4 Å². The summed E-state index contributed by atoms with van der Waals surface area (Å²) in [6.45, 7) is 2.18. The van der Waals surface area contributed by atoms with Gasteiger partial charge in [-0.25, -0.2) is 4.79 Å². The van der Waals surface area contributed by atoms with Crippen LogP contribution in [0.2, 0.25) is 0 Å². The number of nitrogens with one attached hydrogen (secondary N) is 1. The van der Waals surface area contributed by atoms with Gasteiger partial charge in [-0.3, -0.25) is 0 Å². The number of hydrogen-bond acceptors (Lipinski definition) is 2. The van der Waals surface area contributed by atoms with E-state index in [1.54, 1.807) is 0 Å². The molecule has 0 unspecified atom stereocenters. The summed E-state index contributed by atoms with van der Waals surface area (Å²) in [5.74, 6) is 0. The first-order valence-corrected chi connectivity index (χ1v) is 7.13. The molecule has 0 atom stereocenters. The zero-order chi connectivity index (χ0) is 13.2. The summed E-state index contributed by atoms with van der Waals surface area (Å²) in [4.78, 5) is 16.3. The number of nitrogens with zero attached hydrogens (tertiary/aromatic N) is 2. The van der Waals surface area contributed by atoms with E-state index in [1.165, 1.54) is 12.8 Å². The Kier molecular flexibility index (Phi) is 3.32. The molecular weight excluding hydrogens is 238 g/mol. The fourth-order valence-corrected chi connectivity index (χ4v) is 2.64. The van der Waals surface area contributed by atoms with E-state index in [-0.39, 0.29) is 6.03 Å². The maximum Gasteiger partial charge on any atom is 0.321 e. The lowest BCUT2D eigenvalue weighted by Gasteiger charge is -2.23. The van der Waals surface area contributed by atoms with Gasteiger partial charge >= 0.3 is 6.03 Å². The highest BCUT2D eigenvalue weighted by atomic mass is 16.2. The monoisotopic (exact) mass is 259 g/mol. The summed E-state index contributed by atoms with van der Waals surface area (Å²) in [6, 6.07) is 8.55. The third-order valence-corrected chi connectivity index (χ3v) is 4.01. The normalized spacial score (nSPS) is 18.5. The van der Waals surface area contributed by atoms with Crippen LogP contribution in [0.5, 0.6) is 0 Å². The van der Waals surface area contributed by atoms with Crippen LogP contribution in [-0.2, 0) is 0 Å². The Morgan fingerprint density at radius 1 is 1.26 bits per heavy atom. The highest BCUT2D eigenvalue weighted by Crippen LogP contribution is 2.30. The van der Waals surface area contributed by atoms with Crippen molar-refractivity contribution in [2.24, 2.45) is 0 Å². The smallest absolute Gasteiger partial charge is 0.321 e. The first kappa shape index (κ1) is 12.3. The van der Waals surface area contributed by atoms with Crippen LogP contribution in [-0.4, -0.2) is 37.1 Å². The molecule has 102 valence electrons. The summed E-state index contributed by atoms with van der Waals surface area (Å²) < 4.78 is 0. The molecule has 2 fully saturated rings. The van der Waals surface area contributed by atoms with Crippen LogP contribution in [0.25, 0.3) is 0 Å². The van der Waals surface area contributed by atoms with Gasteiger partial charge in [0.1, 0.15) is 0 Å². The Hall–Kier alpha value is -1.71. The number of carbonyl (C=O) groups excluding carboxylic acids is 1. The second-order valence-electron chi connectivity index (χ2n) is 5.48. The second-order valence-corrected chi connectivity index (χ2v) is 5.48. The van der Waals surface area contributed by atoms with Crippen molar-refractivity contribution in [3.63, 3.8) is 0 Å². The Morgan fingerprint density at radius 2 is 1.95 bits per heavy atom. The van der Waals surface area contributed by atoms with Crippen molar-refractivity contribution < 1.29 is 4.79 Å². The van der Waals surface area contributed by atoms with Crippen LogP contribution in [0, 0.1) is 0 Å². The fourth-order valence-electron chi connectivity index (χ4n) is 2.64. The molecule has 4 nitrogen and oxygen atoms in total. The molecule has 3 rings (SSSR count). The summed E-state index contributed by atoms with van der Waals surface area (Å²) in [5, 5.41) is 3.05. The van der Waals surface area contributed by atoms with Crippen molar-refractivity contribution in [3.8, 4) is 0 Å². The molecule has 1 N–H and O–H groups in total. The Bertz CT molecular complexity index is 464. The van der Waals surface area contributed by atoms with Gasteiger partial charge < -0.3 is 15.1 Å². The van der Waals surface area contributed by atoms with Gasteiger partial charge in [0.25, 0.3) is 0 Å². The van der Waals surface area contributed by atoms with Gasteiger partial charge in [0.15, 0.2) is 0 Å². The Balaban J connectivity index is 1.74. The summed E-state index contributed by atoms with van der Waals surface area (Å²) in [7, 11) is 1.88. The summed E-state index contributed by atoms with van der Waals surface area (Å²) >= 11 is 0. The van der Waals surface area contributed by atoms with E-state index in [0.29, 0.717) is 6.04 Å². The number of anilines is 2. The molecule has 0 bridgehead atoms. The number of urea groups is 1. The van der Waals surface area contributed by atoms with Crippen molar-refractivity contribution in [2.45, 2.75) is 31.7 Å². The number of rotatable bonds is 3. The lowest BCUT2D eigenvalue weighted by molar-refractivity contribution is 0.220. The SMILES string of the molecule is CN(C(=O)Nc1ccccc1N1CCCC1)C1CC1. The van der Waals surface area contributed by atoms with E-state index in [1.807, 2.05) is 30.1 Å². The van der Waals surface area contributed by atoms with Gasteiger partial charge in [-0.2, -0.15) is 0 Å². The van der Waals surface area contributed by atoms with Crippen LogP contribution >= 0.6 is 0 Å². The molecule has 19 heavy (non-hydrogen) atoms. The van der Waals surface area contributed by atoms with Gasteiger partial charge in [-0.1, -0.05) is 12.1 Å². The number of amides is 2. The minimum absolute atomic E-state index is 0.00847. The number of hydrogen-bond donors (Lipinski definition) is 1. The first-order chi connectivity index (χ1) is 9.25. The quantitative estimate of drug-likeness (QED) is 0.906. The first-order valence-electron chi connectivity index (χ1n) is 7.13. The van der Waals surface area contributed by atoms with Gasteiger partial charge in [0, 0.05) is 26.2 Å². The van der Waals surface area contributed by atoms with E-state index in [0.717, 1.165) is 37.3 Å². The molecule has 0 radical (unpaired) electrons. The third kappa shape index (κ3) is 2.67. The van der Waals surface area contributed by atoms with E-state index in [2.05, 4.69) is 16.3 Å². The molecular formula is C15H21N3O. The van der Waals surface area contributed by atoms with Crippen molar-refractivity contribution >= 4 is 17.4 Å². The van der Waals surface area contributed by atoms with E-state index in [4.69, 9.17) is 0 Å². The van der Waals surface area contributed by atoms with E-state index in [9.17, 15) is 4.79 Å². The average Bonchev–Trinajstić information content (AvgIpc) is 3.14. The van der Waals surface area contributed by atoms with Crippen LogP contribution in [0.3, 0.4) is 0 Å². The Labute approximate surface area is 114 Å². The molecule has 1 aliphatic carbocycles. The zero-order valence-corrected chi connectivity index (χ0v) is 11.4. The average molecular weight is 259 g/mol. The second kappa shape index (κ2) is 5.11. The largest absolute Gasteiger partial charge is 0.370 e. The van der Waals surface area contributed by atoms with Crippen molar-refractivity contribution in [2.75, 3.05) is 30.4 Å². The predicted molar refractivity (Wildman–Crippen MR) is 77.7 cm³/mol. The zero-order valence-electron chi connectivity index (χ0n) is 11.4. The number of benzene rings is 1. The molecule has 1 aromatic rings. The third-order valence-electron chi connectivity index (χ3n) is 4.01. The van der Waals surface area contributed by atoms with E-state index < -0.39 is 0 Å². The molecule has 1 saturated carbocycles. The van der Waals surface area contributed by atoms with Crippen LogP contribution in [0.1, 0.15) is 25.7 Å². The molecule has 2 aliphatic rings. The molecule has 1 saturated heterocycles. The highest BCUT2D eigenvalue weighted by Gasteiger charge is 2.30. The summed E-state index contributed by atoms with van der Waals surface area (Å²) in [6.07, 6.45) is 4.75. The van der Waals surface area contributed by atoms with Crippen LogP contribution in [0.15, 0.2) is 24.3 Å². The highest BCUT2D eigenvalue weighted by molar-refractivity contribution is 5.93. The maximum absolute atomic E-state index is 12.2. The lowest BCUT2D eigenvalue weighted by Crippen LogP contribution is -2.33. The lowest BCUT2D eigenvalue weighted by atomic mass is 10.2. The van der Waals surface area contributed by atoms with Crippen molar-refractivity contribution in [1.29, 1.82) is 0 Å². The van der Waals surface area contributed by atoms with Crippen molar-refractivity contribution in [1.82, 2.24) is 4.90 Å². The maximum atomic E-state index is 12.2. The van der Waals surface area contributed by atoms with Gasteiger partial charge in [0.2, 0.25) is 0 Å². The van der Waals surface area contributed by atoms with E-state index >= 15 is 0 Å². The standard InChI is InChI=1S/C15H21N3O/c1-17(12-8-9-12)15(19)16-13-6-2-3-7-14(13)18-10-4-5-11-18/h2-3,6-7,12H,4-5,8-11H2,1H3,(H,16,19). The van der Waals surface area contributed by atoms with Crippen molar-refractivity contribution in [3.05, 3.63) is 24.3 Å². The minimum Gasteiger partial charge on any atom is -0.370 e. The molecule has 1 heterocycles. The van der Waals surface area contributed by atoms with Crippen LogP contribution in [0.4, 0.5) is 16.2 Å². The molecule has 0 aromatic heterocycles. The summed E-state index contributed by atoms with van der Waals surface area (Å²) in [5.41, 5.74) is 2.08. The van der Waals surface area contributed by atoms with Gasteiger partial charge in [-0.15, -0.1) is 0 Å². The fraction of sp³-hybridized carbons (Fsp3) is 0.533. The molecule has 0 spiro atoms. The number of carbonyl (C=O) groups is 1. The van der Waals surface area contributed by atoms with Gasteiger partial charge in [-0.05, 0) is 37.8 Å². The number of para-hydroxylation sites is 2. The minimum atomic E-state index is 0.00847. The Morgan fingerprint density at radius 3 is 2.63 bits per heavy atom. The molecule has 1 aliphatic heterocycles. The molecule has 2 amide bonds.